The van der Waals surface area contributed by atoms with Gasteiger partial charge >= 0.3 is 11.9 Å². The molecule has 0 N–H and O–H groups in total. The number of allylic oxidation sites excluding steroid dienone is 2. The summed E-state index contributed by atoms with van der Waals surface area (Å²) in [4.78, 5) is 49.3. The number of ether oxygens (including phenoxy) is 2. The molecule has 5 rings (SSSR count). The lowest BCUT2D eigenvalue weighted by Crippen LogP contribution is -2.36. The van der Waals surface area contributed by atoms with E-state index in [1.165, 1.54) is 0 Å². The second-order valence-electron chi connectivity index (χ2n) is 8.37. The van der Waals surface area contributed by atoms with E-state index in [0.29, 0.717) is 6.42 Å². The van der Waals surface area contributed by atoms with E-state index in [9.17, 15) is 19.2 Å². The fourth-order valence-electron chi connectivity index (χ4n) is 6.24. The van der Waals surface area contributed by atoms with Crippen molar-refractivity contribution < 1.29 is 28.7 Å². The number of hydrogen-bond acceptors (Lipinski definition) is 6. The highest BCUT2D eigenvalue weighted by atomic mass is 16.6. The van der Waals surface area contributed by atoms with E-state index in [1.807, 2.05) is 12.2 Å². The molecule has 0 aromatic heterocycles. The molecule has 6 nitrogen and oxygen atoms in total. The number of Topliss-reactive ketones (excluding diaryl/α,β-unsaturated/α-hetero) is 2. The normalized spacial score (nSPS) is 42.5. The van der Waals surface area contributed by atoms with E-state index < -0.39 is 30.4 Å². The topological polar surface area (TPSA) is 86.7 Å². The average molecular weight is 358 g/mol. The number of hydrogen-bond donors (Lipinski definition) is 0. The lowest BCUT2D eigenvalue weighted by atomic mass is 9.69. The van der Waals surface area contributed by atoms with Crippen molar-refractivity contribution in [2.75, 3.05) is 6.61 Å². The number of ketones is 2. The molecule has 7 atom stereocenters. The van der Waals surface area contributed by atoms with Gasteiger partial charge in [-0.05, 0) is 43.9 Å². The summed E-state index contributed by atoms with van der Waals surface area (Å²) in [6.45, 7) is -0.392. The van der Waals surface area contributed by atoms with Crippen LogP contribution in [-0.4, -0.2) is 36.2 Å². The smallest absolute Gasteiger partial charge is 0.344 e. The minimum absolute atomic E-state index is 0.0493. The van der Waals surface area contributed by atoms with Crippen molar-refractivity contribution >= 4 is 23.5 Å². The molecular formula is C20H22O6. The molecule has 0 aliphatic heterocycles. The summed E-state index contributed by atoms with van der Waals surface area (Å²) in [5.74, 6) is -2.18. The Morgan fingerprint density at radius 2 is 1.69 bits per heavy atom. The van der Waals surface area contributed by atoms with Crippen molar-refractivity contribution in [3.63, 3.8) is 0 Å². The molecule has 4 bridgehead atoms. The highest BCUT2D eigenvalue weighted by Crippen LogP contribution is 2.64. The first kappa shape index (κ1) is 16.2. The number of esters is 2. The van der Waals surface area contributed by atoms with Gasteiger partial charge in [0.05, 0.1) is 5.92 Å². The lowest BCUT2D eigenvalue weighted by molar-refractivity contribution is -0.166. The van der Waals surface area contributed by atoms with Crippen LogP contribution in [0.3, 0.4) is 0 Å². The van der Waals surface area contributed by atoms with Crippen LogP contribution in [0, 0.1) is 41.4 Å². The van der Waals surface area contributed by atoms with Crippen LogP contribution in [0.1, 0.15) is 32.1 Å². The van der Waals surface area contributed by atoms with Crippen molar-refractivity contribution in [3.05, 3.63) is 12.2 Å². The second kappa shape index (κ2) is 5.76. The molecule has 0 aromatic rings. The second-order valence-corrected chi connectivity index (χ2v) is 8.37. The molecule has 7 unspecified atom stereocenters. The molecule has 0 aromatic carbocycles. The first-order valence-corrected chi connectivity index (χ1v) is 9.68. The maximum Gasteiger partial charge on any atom is 0.344 e. The van der Waals surface area contributed by atoms with Crippen LogP contribution in [-0.2, 0) is 28.7 Å². The zero-order valence-corrected chi connectivity index (χ0v) is 14.5. The third-order valence-electron chi connectivity index (χ3n) is 7.21. The van der Waals surface area contributed by atoms with Crippen molar-refractivity contribution in [2.45, 2.75) is 38.2 Å². The highest BCUT2D eigenvalue weighted by Gasteiger charge is 2.69. The summed E-state index contributed by atoms with van der Waals surface area (Å²) < 4.78 is 10.5. The molecule has 138 valence electrons. The summed E-state index contributed by atoms with van der Waals surface area (Å²) in [6, 6.07) is 0. The number of fused-ring (bicyclic) bond motifs is 9. The summed E-state index contributed by atoms with van der Waals surface area (Å²) >= 11 is 0. The van der Waals surface area contributed by atoms with Gasteiger partial charge in [0.1, 0.15) is 17.7 Å². The molecule has 5 aliphatic rings. The molecule has 4 saturated carbocycles. The van der Waals surface area contributed by atoms with E-state index in [4.69, 9.17) is 9.47 Å². The number of carbonyl (C=O) groups is 4. The fourth-order valence-corrected chi connectivity index (χ4v) is 6.24. The average Bonchev–Trinajstić information content (AvgIpc) is 3.42. The zero-order chi connectivity index (χ0) is 18.0. The predicted octanol–water partition coefficient (Wildman–Crippen LogP) is 1.47. The Hall–Kier alpha value is -1.98. The van der Waals surface area contributed by atoms with Gasteiger partial charge in [0, 0.05) is 23.7 Å². The van der Waals surface area contributed by atoms with Crippen molar-refractivity contribution in [1.29, 1.82) is 0 Å². The molecule has 6 heteroatoms. The Bertz CT molecular complexity index is 718. The minimum atomic E-state index is -0.520. The van der Waals surface area contributed by atoms with Gasteiger partial charge in [0.2, 0.25) is 0 Å². The summed E-state index contributed by atoms with van der Waals surface area (Å²) in [7, 11) is 0. The van der Waals surface area contributed by atoms with Crippen LogP contribution in [0.15, 0.2) is 12.2 Å². The Kier molecular flexibility index (Phi) is 3.59. The van der Waals surface area contributed by atoms with E-state index in [0.717, 1.165) is 25.7 Å². The Balaban J connectivity index is 1.22. The molecular weight excluding hydrogens is 336 g/mol. The van der Waals surface area contributed by atoms with Gasteiger partial charge < -0.3 is 9.47 Å². The van der Waals surface area contributed by atoms with Gasteiger partial charge in [0.15, 0.2) is 6.61 Å². The van der Waals surface area contributed by atoms with E-state index in [1.54, 1.807) is 0 Å². The van der Waals surface area contributed by atoms with Crippen molar-refractivity contribution in [3.8, 4) is 0 Å². The van der Waals surface area contributed by atoms with Crippen molar-refractivity contribution in [1.82, 2.24) is 0 Å². The molecule has 0 amide bonds. The molecule has 5 aliphatic carbocycles. The van der Waals surface area contributed by atoms with E-state index in [2.05, 4.69) is 0 Å². The third-order valence-corrected chi connectivity index (χ3v) is 7.21. The summed E-state index contributed by atoms with van der Waals surface area (Å²) in [5.41, 5.74) is 0. The Labute approximate surface area is 151 Å². The molecule has 0 heterocycles. The van der Waals surface area contributed by atoms with Gasteiger partial charge in [-0.2, -0.15) is 0 Å². The maximum atomic E-state index is 12.7. The van der Waals surface area contributed by atoms with Gasteiger partial charge in [0.25, 0.3) is 0 Å². The van der Waals surface area contributed by atoms with Crippen LogP contribution in [0.2, 0.25) is 0 Å². The third kappa shape index (κ3) is 2.17. The van der Waals surface area contributed by atoms with Gasteiger partial charge in [-0.15, -0.1) is 0 Å². The predicted molar refractivity (Wildman–Crippen MR) is 87.5 cm³/mol. The van der Waals surface area contributed by atoms with Crippen LogP contribution < -0.4 is 0 Å². The standard InChI is InChI=1S/C20H22O6/c21-14(26-9-3-1-2-4-9)8-25-20(24)13-7-12-15-10-5-6-11(18(10)22)16(15)17(13)19(12)23/h5-6,9-13,15-17H,1-4,7-8H2. The van der Waals surface area contributed by atoms with Crippen LogP contribution in [0.25, 0.3) is 0 Å². The Morgan fingerprint density at radius 1 is 1.00 bits per heavy atom. The van der Waals surface area contributed by atoms with Gasteiger partial charge in [-0.1, -0.05) is 12.2 Å². The molecule has 4 fully saturated rings. The summed E-state index contributed by atoms with van der Waals surface area (Å²) in [6.07, 6.45) is 8.09. The fraction of sp³-hybridized carbons (Fsp3) is 0.700. The Morgan fingerprint density at radius 3 is 2.42 bits per heavy atom. The summed E-state index contributed by atoms with van der Waals surface area (Å²) in [5, 5.41) is 0. The monoisotopic (exact) mass is 358 g/mol. The maximum absolute atomic E-state index is 12.7. The first-order valence-electron chi connectivity index (χ1n) is 9.68. The van der Waals surface area contributed by atoms with Gasteiger partial charge in [-0.3, -0.25) is 14.4 Å². The molecule has 26 heavy (non-hydrogen) atoms. The quantitative estimate of drug-likeness (QED) is 0.430. The number of rotatable bonds is 4. The molecule has 0 spiro atoms. The zero-order valence-electron chi connectivity index (χ0n) is 14.5. The largest absolute Gasteiger partial charge is 0.460 e. The highest BCUT2D eigenvalue weighted by molar-refractivity contribution is 6.01. The van der Waals surface area contributed by atoms with Crippen molar-refractivity contribution in [2.24, 2.45) is 41.4 Å². The molecule has 0 radical (unpaired) electrons. The van der Waals surface area contributed by atoms with Crippen LogP contribution in [0.5, 0.6) is 0 Å². The van der Waals surface area contributed by atoms with Gasteiger partial charge in [-0.25, -0.2) is 4.79 Å². The number of carbonyl (C=O) groups excluding carboxylic acids is 4. The lowest BCUT2D eigenvalue weighted by Gasteiger charge is -2.32. The van der Waals surface area contributed by atoms with E-state index >= 15 is 0 Å². The minimum Gasteiger partial charge on any atom is -0.460 e. The van der Waals surface area contributed by atoms with Crippen LogP contribution >= 0.6 is 0 Å². The van der Waals surface area contributed by atoms with Crippen LogP contribution in [0.4, 0.5) is 0 Å². The molecule has 0 saturated heterocycles. The SMILES string of the molecule is O=C(COC(=O)C1CC2C(=O)C1C1C3C=CC(C3=O)C21)OC1CCCC1. The van der Waals surface area contributed by atoms with E-state index in [-0.39, 0.29) is 47.3 Å². The first-order chi connectivity index (χ1) is 12.6.